The lowest BCUT2D eigenvalue weighted by atomic mass is 10.1. The highest BCUT2D eigenvalue weighted by Crippen LogP contribution is 2.26. The number of amides is 1. The van der Waals surface area contributed by atoms with E-state index in [2.05, 4.69) is 28.5 Å². The maximum absolute atomic E-state index is 13.0. The largest absolute Gasteiger partial charge is 0.320 e. The Kier molecular flexibility index (Phi) is 5.70. The maximum Gasteiger partial charge on any atom is 0.295 e. The van der Waals surface area contributed by atoms with Gasteiger partial charge in [0.1, 0.15) is 5.69 Å². The van der Waals surface area contributed by atoms with Crippen LogP contribution in [-0.4, -0.2) is 35.6 Å². The van der Waals surface area contributed by atoms with Gasteiger partial charge in [0, 0.05) is 24.6 Å². The van der Waals surface area contributed by atoms with Gasteiger partial charge in [-0.1, -0.05) is 48.2 Å². The van der Waals surface area contributed by atoms with Crippen LogP contribution in [0.4, 0.5) is 5.69 Å². The average molecular weight is 473 g/mol. The van der Waals surface area contributed by atoms with Gasteiger partial charge in [0.25, 0.3) is 5.56 Å². The molecule has 1 N–H and O–H groups in total. The molecule has 0 aliphatic rings. The first-order chi connectivity index (χ1) is 16.5. The molecule has 0 aliphatic carbocycles. The number of aromatic nitrogens is 5. The number of carbonyl (C=O) groups excluding carboxylic acids is 1. The van der Waals surface area contributed by atoms with Crippen molar-refractivity contribution in [2.45, 2.75) is 25.4 Å². The molecule has 172 valence electrons. The van der Waals surface area contributed by atoms with Gasteiger partial charge in [0.2, 0.25) is 5.91 Å². The molecule has 0 saturated carbocycles. The third-order valence-electron chi connectivity index (χ3n) is 5.95. The van der Waals surface area contributed by atoms with Crippen molar-refractivity contribution in [3.63, 3.8) is 0 Å². The monoisotopic (exact) mass is 472 g/mol. The van der Waals surface area contributed by atoms with Crippen molar-refractivity contribution in [1.29, 1.82) is 0 Å². The number of fused-ring (bicyclic) bond motifs is 3. The van der Waals surface area contributed by atoms with Gasteiger partial charge in [-0.3, -0.25) is 18.7 Å². The number of aryl methyl sites for hydroxylation is 1. The summed E-state index contributed by atoms with van der Waals surface area (Å²) in [5, 5.41) is 13.3. The fraction of sp³-hybridized carbons (Fsp3) is 0.200. The molecule has 9 heteroatoms. The predicted molar refractivity (Wildman–Crippen MR) is 135 cm³/mol. The van der Waals surface area contributed by atoms with Crippen molar-refractivity contribution in [3.8, 4) is 5.69 Å². The van der Waals surface area contributed by atoms with Gasteiger partial charge in [0.15, 0.2) is 10.8 Å². The standard InChI is InChI=1S/C25H24N6O2S/c1-16-15-21-27-28-25(30(21)20-12-8-7-11-19(16)20)34-14-13-22(32)26-23-17(2)29(3)31(24(23)33)18-9-5-4-6-10-18/h4-12,15H,13-14H2,1-3H3,(H,26,32). The molecule has 3 aromatic heterocycles. The molecule has 0 bridgehead atoms. The molecule has 5 rings (SSSR count). The van der Waals surface area contributed by atoms with Gasteiger partial charge >= 0.3 is 0 Å². The Hall–Kier alpha value is -3.85. The number of rotatable bonds is 6. The molecule has 0 aliphatic heterocycles. The number of carbonyl (C=O) groups is 1. The molecule has 0 spiro atoms. The Labute approximate surface area is 200 Å². The van der Waals surface area contributed by atoms with Crippen molar-refractivity contribution in [1.82, 2.24) is 24.0 Å². The van der Waals surface area contributed by atoms with Crippen LogP contribution in [0.2, 0.25) is 0 Å². The Morgan fingerprint density at radius 2 is 1.76 bits per heavy atom. The van der Waals surface area contributed by atoms with Crippen LogP contribution in [0.15, 0.2) is 70.6 Å². The van der Waals surface area contributed by atoms with E-state index >= 15 is 0 Å². The summed E-state index contributed by atoms with van der Waals surface area (Å²) in [6.45, 7) is 3.88. The molecule has 0 radical (unpaired) electrons. The van der Waals surface area contributed by atoms with E-state index in [0.717, 1.165) is 33.0 Å². The summed E-state index contributed by atoms with van der Waals surface area (Å²) in [5.74, 6) is 0.293. The Bertz CT molecular complexity index is 1580. The third kappa shape index (κ3) is 3.77. The zero-order chi connectivity index (χ0) is 23.8. The first-order valence-corrected chi connectivity index (χ1v) is 11.9. The highest BCUT2D eigenvalue weighted by Gasteiger charge is 2.18. The first-order valence-electron chi connectivity index (χ1n) is 11.0. The molecule has 0 saturated heterocycles. The number of nitrogens with zero attached hydrogens (tertiary/aromatic N) is 5. The van der Waals surface area contributed by atoms with Crippen molar-refractivity contribution in [2.75, 3.05) is 11.1 Å². The van der Waals surface area contributed by atoms with Crippen LogP contribution in [0.5, 0.6) is 0 Å². The molecule has 8 nitrogen and oxygen atoms in total. The summed E-state index contributed by atoms with van der Waals surface area (Å²) in [6.07, 6.45) is 0.239. The highest BCUT2D eigenvalue weighted by atomic mass is 32.2. The van der Waals surface area contributed by atoms with E-state index < -0.39 is 0 Å². The highest BCUT2D eigenvalue weighted by molar-refractivity contribution is 7.99. The molecule has 2 aromatic carbocycles. The molecule has 34 heavy (non-hydrogen) atoms. The molecule has 0 unspecified atom stereocenters. The summed E-state index contributed by atoms with van der Waals surface area (Å²) < 4.78 is 5.32. The Balaban J connectivity index is 1.32. The van der Waals surface area contributed by atoms with E-state index in [1.807, 2.05) is 65.9 Å². The van der Waals surface area contributed by atoms with Crippen LogP contribution in [0.25, 0.3) is 22.2 Å². The minimum Gasteiger partial charge on any atom is -0.320 e. The van der Waals surface area contributed by atoms with Gasteiger partial charge in [0.05, 0.1) is 16.9 Å². The second kappa shape index (κ2) is 8.83. The number of pyridine rings is 1. The van der Waals surface area contributed by atoms with E-state index in [4.69, 9.17) is 0 Å². The van der Waals surface area contributed by atoms with Crippen LogP contribution in [0, 0.1) is 13.8 Å². The zero-order valence-electron chi connectivity index (χ0n) is 19.1. The van der Waals surface area contributed by atoms with Gasteiger partial charge in [-0.2, -0.15) is 0 Å². The number of hydrogen-bond acceptors (Lipinski definition) is 5. The SMILES string of the molecule is Cc1cc2nnc(SCCC(=O)Nc3c(C)n(C)n(-c4ccccc4)c3=O)n2c2ccccc12. The molecule has 1 amide bonds. The van der Waals surface area contributed by atoms with E-state index in [-0.39, 0.29) is 17.9 Å². The smallest absolute Gasteiger partial charge is 0.295 e. The minimum absolute atomic E-state index is 0.215. The summed E-state index contributed by atoms with van der Waals surface area (Å²) in [6, 6.07) is 19.5. The minimum atomic E-state index is -0.252. The van der Waals surface area contributed by atoms with Crippen molar-refractivity contribution in [2.24, 2.45) is 7.05 Å². The quantitative estimate of drug-likeness (QED) is 0.376. The topological polar surface area (TPSA) is 86.2 Å². The average Bonchev–Trinajstić information content (AvgIpc) is 3.34. The van der Waals surface area contributed by atoms with E-state index in [0.29, 0.717) is 17.1 Å². The Morgan fingerprint density at radius 3 is 2.56 bits per heavy atom. The summed E-state index contributed by atoms with van der Waals surface area (Å²) in [5.41, 5.74) is 4.45. The number of anilines is 1. The van der Waals surface area contributed by atoms with Crippen molar-refractivity contribution < 1.29 is 4.79 Å². The van der Waals surface area contributed by atoms with Crippen LogP contribution in [-0.2, 0) is 11.8 Å². The van der Waals surface area contributed by atoms with Gasteiger partial charge in [-0.05, 0) is 43.7 Å². The van der Waals surface area contributed by atoms with Crippen LogP contribution < -0.4 is 10.9 Å². The normalized spacial score (nSPS) is 11.4. The lowest BCUT2D eigenvalue weighted by Crippen LogP contribution is -2.23. The number of nitrogens with one attached hydrogen (secondary N) is 1. The number of para-hydroxylation sites is 2. The summed E-state index contributed by atoms with van der Waals surface area (Å²) >= 11 is 1.47. The lowest BCUT2D eigenvalue weighted by Gasteiger charge is -2.07. The third-order valence-corrected chi connectivity index (χ3v) is 6.88. The Morgan fingerprint density at radius 1 is 1.03 bits per heavy atom. The number of hydrogen-bond donors (Lipinski definition) is 1. The number of benzene rings is 2. The van der Waals surface area contributed by atoms with Gasteiger partial charge in [-0.15, -0.1) is 10.2 Å². The lowest BCUT2D eigenvalue weighted by molar-refractivity contribution is -0.115. The summed E-state index contributed by atoms with van der Waals surface area (Å²) in [7, 11) is 1.80. The van der Waals surface area contributed by atoms with Gasteiger partial charge < -0.3 is 5.32 Å². The van der Waals surface area contributed by atoms with Crippen LogP contribution in [0.1, 0.15) is 17.7 Å². The molecule has 0 fully saturated rings. The van der Waals surface area contributed by atoms with Crippen LogP contribution in [0.3, 0.4) is 0 Å². The second-order valence-electron chi connectivity index (χ2n) is 8.10. The molecular formula is C25H24N6O2S. The van der Waals surface area contributed by atoms with Crippen molar-refractivity contribution >= 4 is 39.9 Å². The zero-order valence-corrected chi connectivity index (χ0v) is 20.0. The maximum atomic E-state index is 13.0. The van der Waals surface area contributed by atoms with E-state index in [1.165, 1.54) is 11.8 Å². The number of thioether (sulfide) groups is 1. The fourth-order valence-corrected chi connectivity index (χ4v) is 5.01. The van der Waals surface area contributed by atoms with Crippen LogP contribution >= 0.6 is 11.8 Å². The van der Waals surface area contributed by atoms with E-state index in [1.54, 1.807) is 16.4 Å². The molecule has 3 heterocycles. The molecule has 5 aromatic rings. The molecular weight excluding hydrogens is 448 g/mol. The second-order valence-corrected chi connectivity index (χ2v) is 9.17. The van der Waals surface area contributed by atoms with Crippen molar-refractivity contribution in [3.05, 3.63) is 82.3 Å². The fourth-order valence-electron chi connectivity index (χ4n) is 4.12. The van der Waals surface area contributed by atoms with Gasteiger partial charge in [-0.25, -0.2) is 4.68 Å². The first kappa shape index (κ1) is 22.0. The van der Waals surface area contributed by atoms with E-state index in [9.17, 15) is 9.59 Å². The predicted octanol–water partition coefficient (Wildman–Crippen LogP) is 4.11. The summed E-state index contributed by atoms with van der Waals surface area (Å²) in [4.78, 5) is 25.7. The molecule has 0 atom stereocenters.